The van der Waals surface area contributed by atoms with Crippen LogP contribution in [0.3, 0.4) is 0 Å². The van der Waals surface area contributed by atoms with Crippen molar-refractivity contribution in [1.82, 2.24) is 4.98 Å². The molecule has 0 fully saturated rings. The minimum atomic E-state index is -1.03. The molecule has 1 aromatic heterocycles. The van der Waals surface area contributed by atoms with Crippen molar-refractivity contribution in [3.63, 3.8) is 0 Å². The number of carboxylic acids is 1. The molecule has 0 aliphatic heterocycles. The largest absolute Gasteiger partial charge is 0.477 e. The number of aromatic nitrogens is 1. The minimum Gasteiger partial charge on any atom is -0.477 e. The van der Waals surface area contributed by atoms with E-state index in [0.29, 0.717) is 11.1 Å². The molecule has 2 N–H and O–H groups in total. The number of carboxylic acid groups (broad SMARTS) is 1. The third-order valence-electron chi connectivity index (χ3n) is 3.99. The van der Waals surface area contributed by atoms with Crippen LogP contribution < -0.4 is 0 Å². The summed E-state index contributed by atoms with van der Waals surface area (Å²) >= 11 is 0. The molecule has 0 amide bonds. The Morgan fingerprint density at radius 2 is 1.74 bits per heavy atom. The van der Waals surface area contributed by atoms with Crippen LogP contribution >= 0.6 is 0 Å². The lowest BCUT2D eigenvalue weighted by molar-refractivity contribution is 0.0692. The molecule has 0 saturated heterocycles. The number of rotatable bonds is 2. The highest BCUT2D eigenvalue weighted by atomic mass is 19.1. The van der Waals surface area contributed by atoms with Gasteiger partial charge >= 0.3 is 5.97 Å². The van der Waals surface area contributed by atoms with E-state index in [0.717, 1.165) is 16.5 Å². The molecular weight excluding hydrogens is 293 g/mol. The predicted octanol–water partition coefficient (Wildman–Crippen LogP) is 4.97. The van der Waals surface area contributed by atoms with Crippen LogP contribution in [0.4, 0.5) is 4.39 Å². The van der Waals surface area contributed by atoms with Gasteiger partial charge in [0.05, 0.1) is 5.52 Å². The zero-order valence-electron chi connectivity index (χ0n) is 13.3. The molecular formula is C19H18FNO2. The Balaban J connectivity index is 2.38. The predicted molar refractivity (Wildman–Crippen MR) is 89.4 cm³/mol. The first kappa shape index (κ1) is 15.3. The van der Waals surface area contributed by atoms with Gasteiger partial charge < -0.3 is 10.1 Å². The molecule has 23 heavy (non-hydrogen) atoms. The number of hydrogen-bond acceptors (Lipinski definition) is 1. The second kappa shape index (κ2) is 5.23. The first-order chi connectivity index (χ1) is 10.8. The first-order valence-electron chi connectivity index (χ1n) is 7.43. The van der Waals surface area contributed by atoms with Crippen LogP contribution in [0, 0.1) is 5.82 Å². The van der Waals surface area contributed by atoms with Crippen molar-refractivity contribution in [2.24, 2.45) is 0 Å². The van der Waals surface area contributed by atoms with E-state index in [9.17, 15) is 14.3 Å². The molecule has 3 rings (SSSR count). The van der Waals surface area contributed by atoms with E-state index in [4.69, 9.17) is 0 Å². The third-order valence-corrected chi connectivity index (χ3v) is 3.99. The van der Waals surface area contributed by atoms with Gasteiger partial charge in [-0.05, 0) is 28.7 Å². The van der Waals surface area contributed by atoms with Crippen LogP contribution in [0.2, 0.25) is 0 Å². The number of fused-ring (bicyclic) bond motifs is 1. The molecule has 3 nitrogen and oxygen atoms in total. The average Bonchev–Trinajstić information content (AvgIpc) is 2.86. The maximum Gasteiger partial charge on any atom is 0.352 e. The number of halogens is 1. The molecule has 1 heterocycles. The van der Waals surface area contributed by atoms with Crippen LogP contribution in [0.25, 0.3) is 22.0 Å². The summed E-state index contributed by atoms with van der Waals surface area (Å²) in [6.45, 7) is 6.25. The van der Waals surface area contributed by atoms with Crippen molar-refractivity contribution < 1.29 is 14.3 Å². The topological polar surface area (TPSA) is 53.1 Å². The number of hydrogen-bond donors (Lipinski definition) is 2. The highest BCUT2D eigenvalue weighted by Crippen LogP contribution is 2.37. The molecule has 0 aliphatic carbocycles. The smallest absolute Gasteiger partial charge is 0.352 e. The Bertz CT molecular complexity index is 886. The van der Waals surface area contributed by atoms with Crippen molar-refractivity contribution in [2.45, 2.75) is 26.2 Å². The zero-order chi connectivity index (χ0) is 16.8. The van der Waals surface area contributed by atoms with E-state index < -0.39 is 5.97 Å². The summed E-state index contributed by atoms with van der Waals surface area (Å²) < 4.78 is 13.2. The van der Waals surface area contributed by atoms with Gasteiger partial charge in [0.15, 0.2) is 0 Å². The van der Waals surface area contributed by atoms with Gasteiger partial charge in [-0.25, -0.2) is 9.18 Å². The van der Waals surface area contributed by atoms with Crippen molar-refractivity contribution in [3.8, 4) is 11.1 Å². The molecule has 0 atom stereocenters. The van der Waals surface area contributed by atoms with Crippen molar-refractivity contribution in [2.75, 3.05) is 0 Å². The third kappa shape index (κ3) is 2.61. The van der Waals surface area contributed by atoms with Crippen LogP contribution in [-0.2, 0) is 5.41 Å². The Morgan fingerprint density at radius 1 is 1.09 bits per heavy atom. The van der Waals surface area contributed by atoms with Gasteiger partial charge in [-0.15, -0.1) is 0 Å². The highest BCUT2D eigenvalue weighted by Gasteiger charge is 2.24. The van der Waals surface area contributed by atoms with Crippen LogP contribution in [-0.4, -0.2) is 16.1 Å². The van der Waals surface area contributed by atoms with Crippen molar-refractivity contribution in [3.05, 3.63) is 59.5 Å². The van der Waals surface area contributed by atoms with E-state index >= 15 is 0 Å². The lowest BCUT2D eigenvalue weighted by Gasteiger charge is -2.19. The molecule has 0 bridgehead atoms. The molecule has 2 aromatic carbocycles. The molecule has 3 aromatic rings. The summed E-state index contributed by atoms with van der Waals surface area (Å²) in [5, 5.41) is 10.4. The molecule has 0 radical (unpaired) electrons. The number of H-pyrrole nitrogens is 1. The van der Waals surface area contributed by atoms with Gasteiger partial charge in [0, 0.05) is 10.9 Å². The summed E-state index contributed by atoms with van der Waals surface area (Å²) in [4.78, 5) is 14.7. The number of carbonyl (C=O) groups is 1. The summed E-state index contributed by atoms with van der Waals surface area (Å²) in [6.07, 6.45) is 0. The quantitative estimate of drug-likeness (QED) is 0.702. The Labute approximate surface area is 133 Å². The fourth-order valence-electron chi connectivity index (χ4n) is 2.92. The fraction of sp³-hybridized carbons (Fsp3) is 0.211. The molecule has 0 unspecified atom stereocenters. The van der Waals surface area contributed by atoms with Crippen molar-refractivity contribution >= 4 is 16.9 Å². The fourth-order valence-corrected chi connectivity index (χ4v) is 2.92. The second-order valence-corrected chi connectivity index (χ2v) is 6.67. The number of aromatic amines is 1. The number of benzene rings is 2. The number of para-hydroxylation sites is 1. The molecule has 0 saturated carbocycles. The number of nitrogens with one attached hydrogen (secondary N) is 1. The number of aromatic carboxylic acids is 1. The Kier molecular flexibility index (Phi) is 3.48. The van der Waals surface area contributed by atoms with Crippen molar-refractivity contribution in [1.29, 1.82) is 0 Å². The minimum absolute atomic E-state index is 0.125. The highest BCUT2D eigenvalue weighted by molar-refractivity contribution is 6.08. The van der Waals surface area contributed by atoms with Crippen LogP contribution in [0.5, 0.6) is 0 Å². The van der Waals surface area contributed by atoms with Crippen LogP contribution in [0.15, 0.2) is 42.5 Å². The molecule has 0 spiro atoms. The van der Waals surface area contributed by atoms with E-state index in [1.165, 1.54) is 12.1 Å². The average molecular weight is 311 g/mol. The van der Waals surface area contributed by atoms with E-state index in [1.54, 1.807) is 12.1 Å². The van der Waals surface area contributed by atoms with Gasteiger partial charge in [0.25, 0.3) is 0 Å². The molecule has 0 aliphatic rings. The van der Waals surface area contributed by atoms with E-state index in [2.05, 4.69) is 25.8 Å². The SMILES string of the molecule is CC(C)(C)c1cccc2c(-c3ccc(F)cc3)c(C(=O)O)[nH]c12. The summed E-state index contributed by atoms with van der Waals surface area (Å²) in [5.74, 6) is -1.37. The maximum absolute atomic E-state index is 13.2. The van der Waals surface area contributed by atoms with E-state index in [-0.39, 0.29) is 16.9 Å². The summed E-state index contributed by atoms with van der Waals surface area (Å²) in [6, 6.07) is 11.7. The molecule has 4 heteroatoms. The van der Waals surface area contributed by atoms with Crippen LogP contribution in [0.1, 0.15) is 36.8 Å². The van der Waals surface area contributed by atoms with Gasteiger partial charge in [0.2, 0.25) is 0 Å². The van der Waals surface area contributed by atoms with Gasteiger partial charge in [0.1, 0.15) is 11.5 Å². The summed E-state index contributed by atoms with van der Waals surface area (Å²) in [5.41, 5.74) is 3.14. The van der Waals surface area contributed by atoms with Gasteiger partial charge in [-0.1, -0.05) is 51.1 Å². The second-order valence-electron chi connectivity index (χ2n) is 6.67. The lowest BCUT2D eigenvalue weighted by Crippen LogP contribution is -2.11. The summed E-state index contributed by atoms with van der Waals surface area (Å²) in [7, 11) is 0. The Morgan fingerprint density at radius 3 is 2.30 bits per heavy atom. The zero-order valence-corrected chi connectivity index (χ0v) is 13.3. The Hall–Kier alpha value is -2.62. The monoisotopic (exact) mass is 311 g/mol. The van der Waals surface area contributed by atoms with Gasteiger partial charge in [-0.3, -0.25) is 0 Å². The lowest BCUT2D eigenvalue weighted by atomic mass is 9.85. The standard InChI is InChI=1S/C19H18FNO2/c1-19(2,3)14-6-4-5-13-15(11-7-9-12(20)10-8-11)17(18(22)23)21-16(13)14/h4-10,21H,1-3H3,(H,22,23). The van der Waals surface area contributed by atoms with E-state index in [1.807, 2.05) is 18.2 Å². The van der Waals surface area contributed by atoms with Gasteiger partial charge in [-0.2, -0.15) is 0 Å². The first-order valence-corrected chi connectivity index (χ1v) is 7.43. The maximum atomic E-state index is 13.2. The normalized spacial score (nSPS) is 11.8. The molecule has 118 valence electrons.